The topological polar surface area (TPSA) is 119 Å². The van der Waals surface area contributed by atoms with Crippen LogP contribution in [0.3, 0.4) is 0 Å². The molecule has 2 rings (SSSR count). The van der Waals surface area contributed by atoms with Gasteiger partial charge in [0.2, 0.25) is 5.91 Å². The second-order valence-corrected chi connectivity index (χ2v) is 6.20. The van der Waals surface area contributed by atoms with Crippen LogP contribution in [0, 0.1) is 0 Å². The van der Waals surface area contributed by atoms with Gasteiger partial charge in [-0.2, -0.15) is 13.5 Å². The van der Waals surface area contributed by atoms with Gasteiger partial charge < -0.3 is 10.6 Å². The average molecular weight is 307 g/mol. The Hall–Kier alpha value is -1.39. The van der Waals surface area contributed by atoms with Crippen LogP contribution in [0.5, 0.6) is 0 Å². The third-order valence-corrected chi connectivity index (χ3v) is 4.10. The van der Waals surface area contributed by atoms with Crippen LogP contribution >= 0.6 is 0 Å². The lowest BCUT2D eigenvalue weighted by atomic mass is 10.0. The Morgan fingerprint density at radius 3 is 2.60 bits per heavy atom. The predicted octanol–water partition coefficient (Wildman–Crippen LogP) is -0.658. The van der Waals surface area contributed by atoms with Crippen LogP contribution in [-0.4, -0.2) is 55.1 Å². The van der Waals surface area contributed by atoms with Gasteiger partial charge in [-0.15, -0.1) is 4.28 Å². The highest BCUT2D eigenvalue weighted by Gasteiger charge is 2.49. The second-order valence-electron chi connectivity index (χ2n) is 5.04. The molecule has 2 saturated heterocycles. The van der Waals surface area contributed by atoms with Gasteiger partial charge in [-0.3, -0.25) is 4.79 Å². The summed E-state index contributed by atoms with van der Waals surface area (Å²) in [5.74, 6) is -0.611. The van der Waals surface area contributed by atoms with Crippen molar-refractivity contribution in [1.82, 2.24) is 9.96 Å². The van der Waals surface area contributed by atoms with Crippen LogP contribution in [0.15, 0.2) is 0 Å². The van der Waals surface area contributed by atoms with Crippen molar-refractivity contribution in [2.45, 2.75) is 44.9 Å². The SMILES string of the molecule is CC(C)OS(=O)(=O)ON1C(=O)N2C[C@H]1CC[C@H]2C(N)=O. The predicted molar refractivity (Wildman–Crippen MR) is 66.2 cm³/mol. The first kappa shape index (κ1) is 15.0. The average Bonchev–Trinajstić information content (AvgIpc) is 2.52. The molecular formula is C10H17N3O6S. The maximum absolute atomic E-state index is 12.1. The summed E-state index contributed by atoms with van der Waals surface area (Å²) in [6.07, 6.45) is 0.222. The number of hydrogen-bond donors (Lipinski definition) is 1. The number of piperidine rings is 1. The minimum absolute atomic E-state index is 0.212. The zero-order valence-electron chi connectivity index (χ0n) is 11.2. The molecule has 0 aliphatic carbocycles. The van der Waals surface area contributed by atoms with Crippen LogP contribution in [0.25, 0.3) is 0 Å². The summed E-state index contributed by atoms with van der Waals surface area (Å²) in [5, 5.41) is 0.751. The molecule has 2 fully saturated rings. The molecule has 0 unspecified atom stereocenters. The molecule has 0 radical (unpaired) electrons. The van der Waals surface area contributed by atoms with E-state index in [0.29, 0.717) is 12.8 Å². The molecule has 3 amide bonds. The molecule has 9 nitrogen and oxygen atoms in total. The first-order valence-corrected chi connectivity index (χ1v) is 7.56. The molecule has 2 aliphatic heterocycles. The number of nitrogens with zero attached hydrogens (tertiary/aromatic N) is 2. The van der Waals surface area contributed by atoms with E-state index in [1.165, 1.54) is 18.7 Å². The number of hydrogen-bond acceptors (Lipinski definition) is 6. The molecule has 114 valence electrons. The maximum atomic E-state index is 12.1. The number of carbonyl (C=O) groups is 2. The van der Waals surface area contributed by atoms with Crippen LogP contribution in [0.2, 0.25) is 0 Å². The van der Waals surface area contributed by atoms with E-state index in [2.05, 4.69) is 4.18 Å². The third-order valence-electron chi connectivity index (χ3n) is 3.13. The fraction of sp³-hybridized carbons (Fsp3) is 0.800. The lowest BCUT2D eigenvalue weighted by Crippen LogP contribution is -2.47. The molecule has 0 saturated carbocycles. The number of amides is 3. The summed E-state index contributed by atoms with van der Waals surface area (Å²) < 4.78 is 32.5. The fourth-order valence-corrected chi connectivity index (χ4v) is 3.27. The summed E-state index contributed by atoms with van der Waals surface area (Å²) >= 11 is 0. The van der Waals surface area contributed by atoms with Crippen molar-refractivity contribution in [2.24, 2.45) is 5.73 Å². The van der Waals surface area contributed by atoms with Crippen molar-refractivity contribution in [3.05, 3.63) is 0 Å². The van der Waals surface area contributed by atoms with E-state index in [0.717, 1.165) is 5.06 Å². The lowest BCUT2D eigenvalue weighted by molar-refractivity contribution is -0.122. The molecule has 20 heavy (non-hydrogen) atoms. The van der Waals surface area contributed by atoms with Crippen LogP contribution < -0.4 is 5.73 Å². The molecule has 2 aliphatic rings. The highest BCUT2D eigenvalue weighted by atomic mass is 32.3. The highest BCUT2D eigenvalue weighted by molar-refractivity contribution is 7.81. The van der Waals surface area contributed by atoms with Crippen molar-refractivity contribution in [3.8, 4) is 0 Å². The van der Waals surface area contributed by atoms with Crippen molar-refractivity contribution < 1.29 is 26.5 Å². The number of nitrogens with two attached hydrogens (primary N) is 1. The Morgan fingerprint density at radius 1 is 1.40 bits per heavy atom. The van der Waals surface area contributed by atoms with E-state index < -0.39 is 40.5 Å². The number of urea groups is 1. The molecule has 0 aromatic rings. The first-order chi connectivity index (χ1) is 9.21. The van der Waals surface area contributed by atoms with Gasteiger partial charge in [0.25, 0.3) is 0 Å². The van der Waals surface area contributed by atoms with Gasteiger partial charge in [-0.25, -0.2) is 8.98 Å². The first-order valence-electron chi connectivity index (χ1n) is 6.23. The Bertz CT molecular complexity index is 519. The summed E-state index contributed by atoms with van der Waals surface area (Å²) in [4.78, 5) is 24.5. The van der Waals surface area contributed by atoms with Gasteiger partial charge in [0.1, 0.15) is 6.04 Å². The third kappa shape index (κ3) is 2.86. The molecule has 0 spiro atoms. The fourth-order valence-electron chi connectivity index (χ4n) is 2.38. The maximum Gasteiger partial charge on any atom is 0.421 e. The molecule has 0 aromatic carbocycles. The smallest absolute Gasteiger partial charge is 0.368 e. The van der Waals surface area contributed by atoms with Crippen molar-refractivity contribution >= 4 is 22.3 Å². The largest absolute Gasteiger partial charge is 0.421 e. The number of fused-ring (bicyclic) bond motifs is 2. The van der Waals surface area contributed by atoms with Gasteiger partial charge in [0, 0.05) is 6.54 Å². The second kappa shape index (κ2) is 5.19. The lowest BCUT2D eigenvalue weighted by Gasteiger charge is -2.27. The number of rotatable bonds is 5. The van der Waals surface area contributed by atoms with Crippen LogP contribution in [0.1, 0.15) is 26.7 Å². The molecule has 2 N–H and O–H groups in total. The summed E-state index contributed by atoms with van der Waals surface area (Å²) in [7, 11) is -4.31. The quantitative estimate of drug-likeness (QED) is 0.720. The Labute approximate surface area is 116 Å². The molecule has 2 atom stereocenters. The number of carbonyl (C=O) groups excluding carboxylic acids is 2. The zero-order chi connectivity index (χ0) is 15.1. The highest BCUT2D eigenvalue weighted by Crippen LogP contribution is 2.30. The van der Waals surface area contributed by atoms with Gasteiger partial charge in [0.15, 0.2) is 0 Å². The minimum atomic E-state index is -4.31. The summed E-state index contributed by atoms with van der Waals surface area (Å²) in [5.41, 5.74) is 5.22. The van der Waals surface area contributed by atoms with Gasteiger partial charge in [-0.05, 0) is 26.7 Å². The summed E-state index contributed by atoms with van der Waals surface area (Å²) in [6.45, 7) is 3.26. The van der Waals surface area contributed by atoms with Crippen LogP contribution in [0.4, 0.5) is 4.79 Å². The monoisotopic (exact) mass is 307 g/mol. The molecule has 0 aromatic heterocycles. The standard InChI is InChI=1S/C10H17N3O6S/c1-6(2)18-20(16,17)19-13-7-3-4-8(9(11)14)12(5-7)10(13)15/h6-8H,3-5H2,1-2H3,(H2,11,14)/t7-,8+/m1/s1. The van der Waals surface area contributed by atoms with E-state index in [-0.39, 0.29) is 6.54 Å². The zero-order valence-corrected chi connectivity index (χ0v) is 12.0. The van der Waals surface area contributed by atoms with Crippen molar-refractivity contribution in [1.29, 1.82) is 0 Å². The van der Waals surface area contributed by atoms with E-state index in [1.807, 2.05) is 0 Å². The van der Waals surface area contributed by atoms with E-state index in [1.54, 1.807) is 0 Å². The van der Waals surface area contributed by atoms with Gasteiger partial charge in [-0.1, -0.05) is 0 Å². The van der Waals surface area contributed by atoms with Crippen molar-refractivity contribution in [3.63, 3.8) is 0 Å². The molecule has 10 heteroatoms. The minimum Gasteiger partial charge on any atom is -0.368 e. The Morgan fingerprint density at radius 2 is 2.05 bits per heavy atom. The van der Waals surface area contributed by atoms with Gasteiger partial charge in [0.05, 0.1) is 12.1 Å². The normalized spacial score (nSPS) is 26.4. The van der Waals surface area contributed by atoms with Gasteiger partial charge >= 0.3 is 16.4 Å². The number of primary amides is 1. The van der Waals surface area contributed by atoms with E-state index >= 15 is 0 Å². The number of hydroxylamine groups is 2. The van der Waals surface area contributed by atoms with E-state index in [9.17, 15) is 18.0 Å². The van der Waals surface area contributed by atoms with E-state index in [4.69, 9.17) is 10.0 Å². The van der Waals surface area contributed by atoms with Crippen molar-refractivity contribution in [2.75, 3.05) is 6.54 Å². The molecule has 2 heterocycles. The molecule has 2 bridgehead atoms. The Kier molecular flexibility index (Phi) is 3.89. The Balaban J connectivity index is 2.12. The molecular weight excluding hydrogens is 290 g/mol. The van der Waals surface area contributed by atoms with Crippen LogP contribution in [-0.2, 0) is 23.7 Å². The summed E-state index contributed by atoms with van der Waals surface area (Å²) in [6, 6.07) is -1.84.